The standard InChI is InChI=1S/C14H17F2N5/c1-7(2)12-19-13(8(3)14(20-12)21-17)18-11-9(15)5-4-6-10(11)16/h4-7H,17H2,1-3H3,(H2,18,19,20,21). The van der Waals surface area contributed by atoms with Gasteiger partial charge in [0, 0.05) is 11.5 Å². The zero-order valence-corrected chi connectivity index (χ0v) is 12.0. The van der Waals surface area contributed by atoms with Crippen molar-refractivity contribution in [3.05, 3.63) is 41.2 Å². The average Bonchev–Trinajstić information content (AvgIpc) is 2.44. The number of nitrogens with zero attached hydrogens (tertiary/aromatic N) is 2. The first-order valence-electron chi connectivity index (χ1n) is 6.50. The molecule has 112 valence electrons. The van der Waals surface area contributed by atoms with Gasteiger partial charge < -0.3 is 10.7 Å². The van der Waals surface area contributed by atoms with E-state index in [-0.39, 0.29) is 11.6 Å². The van der Waals surface area contributed by atoms with Gasteiger partial charge in [0.05, 0.1) is 0 Å². The Balaban J connectivity index is 2.51. The number of hydrazine groups is 1. The van der Waals surface area contributed by atoms with Crippen molar-refractivity contribution >= 4 is 17.3 Å². The highest BCUT2D eigenvalue weighted by Crippen LogP contribution is 2.28. The Labute approximate surface area is 121 Å². The fraction of sp³-hybridized carbons (Fsp3) is 0.286. The summed E-state index contributed by atoms with van der Waals surface area (Å²) in [6, 6.07) is 3.65. The minimum absolute atomic E-state index is 0.0451. The molecular formula is C14H17F2N5. The molecule has 0 aliphatic heterocycles. The van der Waals surface area contributed by atoms with Crippen LogP contribution in [0.15, 0.2) is 18.2 Å². The van der Waals surface area contributed by atoms with Gasteiger partial charge in [-0.2, -0.15) is 0 Å². The zero-order valence-electron chi connectivity index (χ0n) is 12.0. The van der Waals surface area contributed by atoms with Crippen molar-refractivity contribution in [3.63, 3.8) is 0 Å². The number of rotatable bonds is 4. The van der Waals surface area contributed by atoms with E-state index in [0.717, 1.165) is 0 Å². The van der Waals surface area contributed by atoms with Gasteiger partial charge in [-0.25, -0.2) is 24.6 Å². The summed E-state index contributed by atoms with van der Waals surface area (Å²) in [7, 11) is 0. The summed E-state index contributed by atoms with van der Waals surface area (Å²) in [6.45, 7) is 5.54. The predicted molar refractivity (Wildman–Crippen MR) is 78.3 cm³/mol. The molecule has 0 fully saturated rings. The number of aromatic nitrogens is 2. The Morgan fingerprint density at radius 1 is 1.10 bits per heavy atom. The molecule has 0 aliphatic carbocycles. The van der Waals surface area contributed by atoms with Gasteiger partial charge in [-0.1, -0.05) is 19.9 Å². The molecule has 1 aromatic heterocycles. The van der Waals surface area contributed by atoms with E-state index in [1.807, 2.05) is 13.8 Å². The van der Waals surface area contributed by atoms with E-state index in [1.165, 1.54) is 18.2 Å². The van der Waals surface area contributed by atoms with Crippen molar-refractivity contribution in [2.75, 3.05) is 10.7 Å². The molecule has 0 radical (unpaired) electrons. The van der Waals surface area contributed by atoms with Crippen LogP contribution in [0.1, 0.15) is 31.2 Å². The first-order chi connectivity index (χ1) is 9.93. The average molecular weight is 293 g/mol. The van der Waals surface area contributed by atoms with Gasteiger partial charge in [-0.15, -0.1) is 0 Å². The van der Waals surface area contributed by atoms with Gasteiger partial charge >= 0.3 is 0 Å². The highest BCUT2D eigenvalue weighted by Gasteiger charge is 2.15. The topological polar surface area (TPSA) is 75.9 Å². The van der Waals surface area contributed by atoms with Crippen LogP contribution in [0.25, 0.3) is 0 Å². The number of anilines is 3. The lowest BCUT2D eigenvalue weighted by Crippen LogP contribution is -2.15. The zero-order chi connectivity index (χ0) is 15.6. The molecule has 21 heavy (non-hydrogen) atoms. The maximum atomic E-state index is 13.7. The summed E-state index contributed by atoms with van der Waals surface area (Å²) >= 11 is 0. The van der Waals surface area contributed by atoms with Crippen LogP contribution in [-0.4, -0.2) is 9.97 Å². The van der Waals surface area contributed by atoms with E-state index >= 15 is 0 Å². The molecule has 5 nitrogen and oxygen atoms in total. The van der Waals surface area contributed by atoms with Crippen molar-refractivity contribution in [1.82, 2.24) is 9.97 Å². The fourth-order valence-corrected chi connectivity index (χ4v) is 1.79. The molecule has 0 aliphatic rings. The molecule has 7 heteroatoms. The smallest absolute Gasteiger partial charge is 0.149 e. The normalized spacial score (nSPS) is 10.8. The van der Waals surface area contributed by atoms with Crippen LogP contribution < -0.4 is 16.6 Å². The Morgan fingerprint density at radius 3 is 2.19 bits per heavy atom. The third-order valence-corrected chi connectivity index (χ3v) is 3.02. The quantitative estimate of drug-likeness (QED) is 0.596. The van der Waals surface area contributed by atoms with Gasteiger partial charge in [0.2, 0.25) is 0 Å². The minimum Gasteiger partial charge on any atom is -0.335 e. The molecular weight excluding hydrogens is 276 g/mol. The van der Waals surface area contributed by atoms with E-state index in [9.17, 15) is 8.78 Å². The summed E-state index contributed by atoms with van der Waals surface area (Å²) < 4.78 is 27.4. The summed E-state index contributed by atoms with van der Waals surface area (Å²) in [6.07, 6.45) is 0. The number of halogens is 2. The van der Waals surface area contributed by atoms with Crippen molar-refractivity contribution in [2.45, 2.75) is 26.7 Å². The molecule has 0 amide bonds. The molecule has 2 rings (SSSR count). The Kier molecular flexibility index (Phi) is 4.32. The highest BCUT2D eigenvalue weighted by molar-refractivity contribution is 5.65. The van der Waals surface area contributed by atoms with E-state index in [1.54, 1.807) is 6.92 Å². The molecule has 0 unspecified atom stereocenters. The molecule has 1 heterocycles. The largest absolute Gasteiger partial charge is 0.335 e. The molecule has 0 saturated carbocycles. The monoisotopic (exact) mass is 293 g/mol. The van der Waals surface area contributed by atoms with E-state index in [4.69, 9.17) is 5.84 Å². The number of nitrogens with two attached hydrogens (primary N) is 1. The van der Waals surface area contributed by atoms with Crippen LogP contribution in [0.2, 0.25) is 0 Å². The number of nitrogens with one attached hydrogen (secondary N) is 2. The number of benzene rings is 1. The maximum absolute atomic E-state index is 13.7. The minimum atomic E-state index is -0.693. The third-order valence-electron chi connectivity index (χ3n) is 3.02. The lowest BCUT2D eigenvalue weighted by Gasteiger charge is -2.15. The molecule has 0 bridgehead atoms. The van der Waals surface area contributed by atoms with Crippen LogP contribution >= 0.6 is 0 Å². The lowest BCUT2D eigenvalue weighted by molar-refractivity contribution is 0.590. The molecule has 0 spiro atoms. The summed E-state index contributed by atoms with van der Waals surface area (Å²) in [5.41, 5.74) is 2.79. The second kappa shape index (κ2) is 6.01. The summed E-state index contributed by atoms with van der Waals surface area (Å²) in [5.74, 6) is 5.33. The predicted octanol–water partition coefficient (Wildman–Crippen LogP) is 3.22. The SMILES string of the molecule is Cc1c(NN)nc(C(C)C)nc1Nc1c(F)cccc1F. The number of hydrogen-bond donors (Lipinski definition) is 3. The molecule has 0 atom stereocenters. The Hall–Kier alpha value is -2.28. The molecule has 1 aromatic carbocycles. The van der Waals surface area contributed by atoms with Crippen LogP contribution in [0.4, 0.5) is 26.1 Å². The molecule has 0 saturated heterocycles. The van der Waals surface area contributed by atoms with E-state index in [0.29, 0.717) is 23.0 Å². The Bertz CT molecular complexity index is 638. The van der Waals surface area contributed by atoms with Gasteiger partial charge in [-0.05, 0) is 19.1 Å². The van der Waals surface area contributed by atoms with Crippen LogP contribution in [0.3, 0.4) is 0 Å². The summed E-state index contributed by atoms with van der Waals surface area (Å²) in [5, 5.41) is 2.68. The van der Waals surface area contributed by atoms with Gasteiger partial charge in [0.15, 0.2) is 0 Å². The van der Waals surface area contributed by atoms with E-state index in [2.05, 4.69) is 20.7 Å². The summed E-state index contributed by atoms with van der Waals surface area (Å²) in [4.78, 5) is 8.57. The molecule has 2 aromatic rings. The van der Waals surface area contributed by atoms with Crippen molar-refractivity contribution < 1.29 is 8.78 Å². The lowest BCUT2D eigenvalue weighted by atomic mass is 10.2. The third kappa shape index (κ3) is 3.08. The number of nitrogen functional groups attached to an aromatic ring is 1. The first-order valence-corrected chi connectivity index (χ1v) is 6.50. The van der Waals surface area contributed by atoms with Crippen molar-refractivity contribution in [3.8, 4) is 0 Å². The van der Waals surface area contributed by atoms with Crippen molar-refractivity contribution in [2.24, 2.45) is 5.84 Å². The fourth-order valence-electron chi connectivity index (χ4n) is 1.79. The second-order valence-electron chi connectivity index (χ2n) is 4.92. The van der Waals surface area contributed by atoms with Gasteiger partial charge in [0.1, 0.15) is 34.8 Å². The van der Waals surface area contributed by atoms with Gasteiger partial charge in [-0.3, -0.25) is 0 Å². The maximum Gasteiger partial charge on any atom is 0.149 e. The number of para-hydroxylation sites is 1. The Morgan fingerprint density at radius 2 is 1.67 bits per heavy atom. The van der Waals surface area contributed by atoms with Gasteiger partial charge in [0.25, 0.3) is 0 Å². The van der Waals surface area contributed by atoms with Crippen LogP contribution in [0, 0.1) is 18.6 Å². The van der Waals surface area contributed by atoms with E-state index < -0.39 is 11.6 Å². The van der Waals surface area contributed by atoms with Crippen LogP contribution in [0.5, 0.6) is 0 Å². The van der Waals surface area contributed by atoms with Crippen LogP contribution in [-0.2, 0) is 0 Å². The second-order valence-corrected chi connectivity index (χ2v) is 4.92. The highest BCUT2D eigenvalue weighted by atomic mass is 19.1. The number of hydrogen-bond acceptors (Lipinski definition) is 5. The molecule has 4 N–H and O–H groups in total. The first kappa shape index (κ1) is 15.1. The van der Waals surface area contributed by atoms with Crippen molar-refractivity contribution in [1.29, 1.82) is 0 Å².